The number of hydrogen-bond donors (Lipinski definition) is 2. The normalized spacial score (nSPS) is 29.0. The molecule has 0 bridgehead atoms. The van der Waals surface area contributed by atoms with Gasteiger partial charge in [-0.05, 0) is 49.3 Å². The Kier molecular flexibility index (Phi) is 4.62. The molecule has 1 heterocycles. The SMILES string of the molecule is CN1C(=O)NC2(CC(C(=O)N[C@H](c3cccc(Cl)c3)C3CCCC3)C2)C1=O. The van der Waals surface area contributed by atoms with Crippen molar-refractivity contribution in [2.75, 3.05) is 7.05 Å². The smallest absolute Gasteiger partial charge is 0.324 e. The van der Waals surface area contributed by atoms with Gasteiger partial charge in [-0.3, -0.25) is 14.5 Å². The Morgan fingerprint density at radius 2 is 2.00 bits per heavy atom. The molecule has 144 valence electrons. The molecular weight excluding hydrogens is 366 g/mol. The van der Waals surface area contributed by atoms with Crippen LogP contribution in [0.15, 0.2) is 24.3 Å². The average molecular weight is 390 g/mol. The van der Waals surface area contributed by atoms with Gasteiger partial charge in [0.2, 0.25) is 5.91 Å². The van der Waals surface area contributed by atoms with Crippen LogP contribution in [-0.2, 0) is 9.59 Å². The molecule has 27 heavy (non-hydrogen) atoms. The maximum absolute atomic E-state index is 12.9. The van der Waals surface area contributed by atoms with Crippen LogP contribution < -0.4 is 10.6 Å². The number of carbonyl (C=O) groups is 3. The van der Waals surface area contributed by atoms with Gasteiger partial charge in [0.25, 0.3) is 5.91 Å². The largest absolute Gasteiger partial charge is 0.349 e. The first-order chi connectivity index (χ1) is 12.9. The zero-order valence-electron chi connectivity index (χ0n) is 15.3. The van der Waals surface area contributed by atoms with Gasteiger partial charge >= 0.3 is 6.03 Å². The molecule has 2 N–H and O–H groups in total. The summed E-state index contributed by atoms with van der Waals surface area (Å²) in [5, 5.41) is 6.61. The van der Waals surface area contributed by atoms with E-state index in [1.165, 1.54) is 19.9 Å². The van der Waals surface area contributed by atoms with Crippen LogP contribution in [0.25, 0.3) is 0 Å². The third kappa shape index (κ3) is 3.20. The highest BCUT2D eigenvalue weighted by Gasteiger charge is 2.59. The molecule has 1 aromatic carbocycles. The van der Waals surface area contributed by atoms with Crippen molar-refractivity contribution in [2.45, 2.75) is 50.1 Å². The van der Waals surface area contributed by atoms with Gasteiger partial charge in [0.15, 0.2) is 0 Å². The van der Waals surface area contributed by atoms with Gasteiger partial charge in [0.05, 0.1) is 6.04 Å². The van der Waals surface area contributed by atoms with Crippen molar-refractivity contribution in [3.05, 3.63) is 34.9 Å². The number of benzene rings is 1. The second-order valence-electron chi connectivity index (χ2n) is 8.07. The lowest BCUT2D eigenvalue weighted by molar-refractivity contribution is -0.140. The van der Waals surface area contributed by atoms with E-state index in [1.54, 1.807) is 0 Å². The standard InChI is InChI=1S/C20H24ClN3O3/c1-24-18(26)20(23-19(24)27)10-14(11-20)17(25)22-16(12-5-2-3-6-12)13-7-4-8-15(21)9-13/h4,7-9,12,14,16H,2-3,5-6,10-11H2,1H3,(H,22,25)(H,23,27)/t14?,16-,20?/m0/s1. The number of urea groups is 1. The minimum Gasteiger partial charge on any atom is -0.349 e. The highest BCUT2D eigenvalue weighted by Crippen LogP contribution is 2.43. The van der Waals surface area contributed by atoms with Crippen LogP contribution in [0.3, 0.4) is 0 Å². The van der Waals surface area contributed by atoms with E-state index >= 15 is 0 Å². The quantitative estimate of drug-likeness (QED) is 0.777. The number of amides is 4. The number of likely N-dealkylation sites (N-methyl/N-ethyl adjacent to an activating group) is 1. The van der Waals surface area contributed by atoms with Crippen LogP contribution in [-0.4, -0.2) is 35.3 Å². The summed E-state index contributed by atoms with van der Waals surface area (Å²) < 4.78 is 0. The first kappa shape index (κ1) is 18.3. The Morgan fingerprint density at radius 3 is 2.59 bits per heavy atom. The van der Waals surface area contributed by atoms with Crippen molar-refractivity contribution in [1.29, 1.82) is 0 Å². The first-order valence-electron chi connectivity index (χ1n) is 9.56. The third-order valence-electron chi connectivity index (χ3n) is 6.30. The third-order valence-corrected chi connectivity index (χ3v) is 6.54. The second kappa shape index (κ2) is 6.82. The summed E-state index contributed by atoms with van der Waals surface area (Å²) in [6, 6.07) is 7.22. The van der Waals surface area contributed by atoms with Crippen LogP contribution in [0.4, 0.5) is 4.79 Å². The van der Waals surface area contributed by atoms with Gasteiger partial charge in [-0.25, -0.2) is 4.79 Å². The molecule has 0 aromatic heterocycles. The Hall–Kier alpha value is -2.08. The molecule has 1 saturated heterocycles. The van der Waals surface area contributed by atoms with E-state index < -0.39 is 5.54 Å². The van der Waals surface area contributed by atoms with Crippen molar-refractivity contribution in [1.82, 2.24) is 15.5 Å². The molecule has 3 aliphatic rings. The van der Waals surface area contributed by atoms with Crippen LogP contribution in [0.2, 0.25) is 5.02 Å². The second-order valence-corrected chi connectivity index (χ2v) is 8.50. The average Bonchev–Trinajstić information content (AvgIpc) is 3.21. The van der Waals surface area contributed by atoms with Gasteiger partial charge < -0.3 is 10.6 Å². The lowest BCUT2D eigenvalue weighted by Gasteiger charge is -2.42. The molecule has 0 unspecified atom stereocenters. The summed E-state index contributed by atoms with van der Waals surface area (Å²) >= 11 is 6.16. The summed E-state index contributed by atoms with van der Waals surface area (Å²) in [5.41, 5.74) is 0.147. The zero-order valence-corrected chi connectivity index (χ0v) is 16.1. The van der Waals surface area contributed by atoms with Crippen molar-refractivity contribution < 1.29 is 14.4 Å². The minimum atomic E-state index is -0.882. The topological polar surface area (TPSA) is 78.5 Å². The number of rotatable bonds is 4. The van der Waals surface area contributed by atoms with Crippen LogP contribution >= 0.6 is 11.6 Å². The van der Waals surface area contributed by atoms with Gasteiger partial charge in [-0.15, -0.1) is 0 Å². The van der Waals surface area contributed by atoms with E-state index in [1.807, 2.05) is 24.3 Å². The number of hydrogen-bond acceptors (Lipinski definition) is 3. The van der Waals surface area contributed by atoms with Crippen molar-refractivity contribution in [3.8, 4) is 0 Å². The number of nitrogens with zero attached hydrogens (tertiary/aromatic N) is 1. The molecular formula is C20H24ClN3O3. The Bertz CT molecular complexity index is 784. The Morgan fingerprint density at radius 1 is 1.30 bits per heavy atom. The lowest BCUT2D eigenvalue weighted by Crippen LogP contribution is -2.60. The van der Waals surface area contributed by atoms with E-state index in [9.17, 15) is 14.4 Å². The van der Waals surface area contributed by atoms with E-state index in [2.05, 4.69) is 10.6 Å². The molecule has 1 atom stereocenters. The van der Waals surface area contributed by atoms with Crippen molar-refractivity contribution >= 4 is 29.4 Å². The van der Waals surface area contributed by atoms with Crippen LogP contribution in [0.1, 0.15) is 50.1 Å². The van der Waals surface area contributed by atoms with Gasteiger partial charge in [0.1, 0.15) is 5.54 Å². The predicted octanol–water partition coefficient (Wildman–Crippen LogP) is 3.02. The van der Waals surface area contributed by atoms with E-state index in [-0.39, 0.29) is 29.8 Å². The highest BCUT2D eigenvalue weighted by atomic mass is 35.5. The van der Waals surface area contributed by atoms with Crippen molar-refractivity contribution in [3.63, 3.8) is 0 Å². The predicted molar refractivity (Wildman–Crippen MR) is 101 cm³/mol. The van der Waals surface area contributed by atoms with Gasteiger partial charge in [-0.1, -0.05) is 36.6 Å². The maximum Gasteiger partial charge on any atom is 0.324 e. The fraction of sp³-hybridized carbons (Fsp3) is 0.550. The summed E-state index contributed by atoms with van der Waals surface area (Å²) in [5.74, 6) is -0.142. The molecule has 4 amide bonds. The van der Waals surface area contributed by atoms with Gasteiger partial charge in [0, 0.05) is 18.0 Å². The molecule has 6 nitrogen and oxygen atoms in total. The summed E-state index contributed by atoms with van der Waals surface area (Å²) in [6.07, 6.45) is 5.26. The first-order valence-corrected chi connectivity index (χ1v) is 9.93. The van der Waals surface area contributed by atoms with Crippen LogP contribution in [0, 0.1) is 11.8 Å². The van der Waals surface area contributed by atoms with E-state index in [0.717, 1.165) is 23.3 Å². The molecule has 2 saturated carbocycles. The highest BCUT2D eigenvalue weighted by molar-refractivity contribution is 6.30. The Balaban J connectivity index is 1.45. The molecule has 0 radical (unpaired) electrons. The van der Waals surface area contributed by atoms with E-state index in [4.69, 9.17) is 11.6 Å². The number of nitrogens with one attached hydrogen (secondary N) is 2. The molecule has 7 heteroatoms. The number of carbonyl (C=O) groups excluding carboxylic acids is 3. The molecule has 1 aliphatic heterocycles. The molecule has 1 aromatic rings. The lowest BCUT2D eigenvalue weighted by atomic mass is 9.67. The fourth-order valence-corrected chi connectivity index (χ4v) is 4.93. The molecule has 1 spiro atoms. The Labute approximate surface area is 163 Å². The minimum absolute atomic E-state index is 0.0471. The molecule has 2 aliphatic carbocycles. The maximum atomic E-state index is 12.9. The van der Waals surface area contributed by atoms with Crippen molar-refractivity contribution in [2.24, 2.45) is 11.8 Å². The molecule has 3 fully saturated rings. The summed E-state index contributed by atoms with van der Waals surface area (Å²) in [6.45, 7) is 0. The summed E-state index contributed by atoms with van der Waals surface area (Å²) in [7, 11) is 1.47. The number of imide groups is 1. The van der Waals surface area contributed by atoms with E-state index in [0.29, 0.717) is 23.8 Å². The fourth-order valence-electron chi connectivity index (χ4n) is 4.73. The summed E-state index contributed by atoms with van der Waals surface area (Å²) in [4.78, 5) is 38.0. The van der Waals surface area contributed by atoms with Crippen LogP contribution in [0.5, 0.6) is 0 Å². The number of halogens is 1. The van der Waals surface area contributed by atoms with Gasteiger partial charge in [-0.2, -0.15) is 0 Å². The monoisotopic (exact) mass is 389 g/mol. The zero-order chi connectivity index (χ0) is 19.2. The molecule has 4 rings (SSSR count).